The van der Waals surface area contributed by atoms with Gasteiger partial charge in [-0.2, -0.15) is 13.2 Å². The number of alkyl halides is 3. The molecule has 0 saturated carbocycles. The van der Waals surface area contributed by atoms with E-state index in [9.17, 15) is 13.2 Å². The monoisotopic (exact) mass is 297 g/mol. The zero-order valence-electron chi connectivity index (χ0n) is 11.8. The van der Waals surface area contributed by atoms with Crippen LogP contribution in [0.1, 0.15) is 17.3 Å². The second-order valence-electron chi connectivity index (χ2n) is 5.44. The summed E-state index contributed by atoms with van der Waals surface area (Å²) in [5, 5.41) is 3.76. The van der Waals surface area contributed by atoms with Crippen LogP contribution in [0.5, 0.6) is 0 Å². The van der Waals surface area contributed by atoms with Gasteiger partial charge in [-0.3, -0.25) is 4.90 Å². The van der Waals surface area contributed by atoms with Crippen molar-refractivity contribution in [3.8, 4) is 0 Å². The number of H-pyrrole nitrogens is 1. The summed E-state index contributed by atoms with van der Waals surface area (Å²) in [5.41, 5.74) is 1.71. The molecule has 0 unspecified atom stereocenters. The summed E-state index contributed by atoms with van der Waals surface area (Å²) >= 11 is 0. The van der Waals surface area contributed by atoms with Gasteiger partial charge in [0.15, 0.2) is 0 Å². The minimum absolute atomic E-state index is 0.361. The van der Waals surface area contributed by atoms with E-state index < -0.39 is 12.2 Å². The molecule has 1 atom stereocenters. The Hall–Kier alpha value is -1.53. The van der Waals surface area contributed by atoms with E-state index in [1.54, 1.807) is 19.1 Å². The lowest BCUT2D eigenvalue weighted by Crippen LogP contribution is -2.49. The van der Waals surface area contributed by atoms with E-state index in [0.29, 0.717) is 42.8 Å². The van der Waals surface area contributed by atoms with Crippen LogP contribution in [0, 0.1) is 6.92 Å². The first-order valence-electron chi connectivity index (χ1n) is 7.07. The Balaban J connectivity index is 2.12. The molecule has 6 heteroatoms. The smallest absolute Gasteiger partial charge is 0.358 e. The molecule has 3 rings (SSSR count). The molecule has 114 valence electrons. The maximum atomic E-state index is 13.7. The van der Waals surface area contributed by atoms with Crippen molar-refractivity contribution in [3.05, 3.63) is 35.5 Å². The van der Waals surface area contributed by atoms with Gasteiger partial charge in [-0.05, 0) is 13.0 Å². The second-order valence-corrected chi connectivity index (χ2v) is 5.44. The van der Waals surface area contributed by atoms with Crippen molar-refractivity contribution in [3.63, 3.8) is 0 Å². The van der Waals surface area contributed by atoms with Gasteiger partial charge in [0.2, 0.25) is 0 Å². The van der Waals surface area contributed by atoms with E-state index in [4.69, 9.17) is 0 Å². The highest BCUT2D eigenvalue weighted by molar-refractivity contribution is 5.85. The van der Waals surface area contributed by atoms with E-state index in [-0.39, 0.29) is 0 Å². The first-order valence-corrected chi connectivity index (χ1v) is 7.07. The number of aromatic amines is 1. The molecule has 21 heavy (non-hydrogen) atoms. The molecule has 3 nitrogen and oxygen atoms in total. The highest BCUT2D eigenvalue weighted by Crippen LogP contribution is 2.42. The molecule has 1 fully saturated rings. The average Bonchev–Trinajstić information content (AvgIpc) is 2.76. The third-order valence-corrected chi connectivity index (χ3v) is 4.04. The highest BCUT2D eigenvalue weighted by Gasteiger charge is 2.46. The molecule has 2 aromatic rings. The van der Waals surface area contributed by atoms with E-state index in [1.807, 2.05) is 12.1 Å². The van der Waals surface area contributed by atoms with Crippen molar-refractivity contribution in [1.29, 1.82) is 0 Å². The summed E-state index contributed by atoms with van der Waals surface area (Å²) in [4.78, 5) is 4.60. The van der Waals surface area contributed by atoms with Gasteiger partial charge in [0.1, 0.15) is 6.04 Å². The van der Waals surface area contributed by atoms with Gasteiger partial charge < -0.3 is 10.3 Å². The fourth-order valence-electron chi connectivity index (χ4n) is 3.14. The topological polar surface area (TPSA) is 31.1 Å². The van der Waals surface area contributed by atoms with Crippen molar-refractivity contribution >= 4 is 10.9 Å². The quantitative estimate of drug-likeness (QED) is 0.893. The van der Waals surface area contributed by atoms with Crippen molar-refractivity contribution in [1.82, 2.24) is 15.2 Å². The molecule has 1 aromatic carbocycles. The van der Waals surface area contributed by atoms with Gasteiger partial charge in [0.05, 0.1) is 0 Å². The summed E-state index contributed by atoms with van der Waals surface area (Å²) in [6.45, 7) is 3.71. The Kier molecular flexibility index (Phi) is 3.67. The number of benzene rings is 1. The molecular weight excluding hydrogens is 279 g/mol. The Morgan fingerprint density at radius 1 is 1.14 bits per heavy atom. The number of rotatable bonds is 2. The number of nitrogens with zero attached hydrogens (tertiary/aromatic N) is 1. The Morgan fingerprint density at radius 3 is 2.48 bits per heavy atom. The van der Waals surface area contributed by atoms with E-state index in [1.165, 1.54) is 4.90 Å². The highest BCUT2D eigenvalue weighted by atomic mass is 19.4. The molecule has 0 spiro atoms. The number of hydrogen-bond acceptors (Lipinski definition) is 2. The number of para-hydroxylation sites is 1. The zero-order chi connectivity index (χ0) is 15.0. The minimum atomic E-state index is -4.28. The molecule has 2 N–H and O–H groups in total. The number of aryl methyl sites for hydroxylation is 1. The van der Waals surface area contributed by atoms with Crippen molar-refractivity contribution in [2.24, 2.45) is 0 Å². The van der Waals surface area contributed by atoms with E-state index >= 15 is 0 Å². The number of hydrogen-bond donors (Lipinski definition) is 2. The van der Waals surface area contributed by atoms with Crippen LogP contribution >= 0.6 is 0 Å². The summed E-state index contributed by atoms with van der Waals surface area (Å²) in [5.74, 6) is 0. The molecule has 0 radical (unpaired) electrons. The molecule has 1 aliphatic heterocycles. The number of fused-ring (bicyclic) bond motifs is 1. The van der Waals surface area contributed by atoms with Gasteiger partial charge in [-0.15, -0.1) is 0 Å². The first-order chi connectivity index (χ1) is 9.98. The fourth-order valence-corrected chi connectivity index (χ4v) is 3.14. The molecular formula is C15H18F3N3. The van der Waals surface area contributed by atoms with Crippen LogP contribution in [0.25, 0.3) is 10.9 Å². The second kappa shape index (κ2) is 5.35. The normalized spacial score (nSPS) is 19.0. The lowest BCUT2D eigenvalue weighted by atomic mass is 10.0. The summed E-state index contributed by atoms with van der Waals surface area (Å²) in [7, 11) is 0. The fraction of sp³-hybridized carbons (Fsp3) is 0.467. The number of aromatic nitrogens is 1. The Morgan fingerprint density at radius 2 is 1.81 bits per heavy atom. The molecule has 1 aliphatic rings. The average molecular weight is 297 g/mol. The molecule has 0 bridgehead atoms. The predicted molar refractivity (Wildman–Crippen MR) is 76.3 cm³/mol. The Labute approximate surface area is 121 Å². The third-order valence-electron chi connectivity index (χ3n) is 4.04. The minimum Gasteiger partial charge on any atom is -0.358 e. The van der Waals surface area contributed by atoms with Gasteiger partial charge in [-0.1, -0.05) is 18.2 Å². The summed E-state index contributed by atoms with van der Waals surface area (Å²) < 4.78 is 41.1. The van der Waals surface area contributed by atoms with Gasteiger partial charge in [0.25, 0.3) is 0 Å². The number of halogens is 3. The maximum absolute atomic E-state index is 13.7. The van der Waals surface area contributed by atoms with Crippen LogP contribution in [-0.4, -0.2) is 42.2 Å². The molecule has 0 amide bonds. The Bertz CT molecular complexity index is 627. The van der Waals surface area contributed by atoms with Gasteiger partial charge >= 0.3 is 6.18 Å². The third kappa shape index (κ3) is 2.65. The van der Waals surface area contributed by atoms with Crippen LogP contribution in [-0.2, 0) is 0 Å². The van der Waals surface area contributed by atoms with Crippen LogP contribution in [0.4, 0.5) is 13.2 Å². The molecule has 0 aliphatic carbocycles. The van der Waals surface area contributed by atoms with Gasteiger partial charge in [0, 0.05) is 48.3 Å². The van der Waals surface area contributed by atoms with E-state index in [2.05, 4.69) is 10.3 Å². The number of nitrogens with one attached hydrogen (secondary N) is 2. The van der Waals surface area contributed by atoms with Crippen molar-refractivity contribution in [2.75, 3.05) is 26.2 Å². The van der Waals surface area contributed by atoms with Gasteiger partial charge in [-0.25, -0.2) is 0 Å². The zero-order valence-corrected chi connectivity index (χ0v) is 11.8. The van der Waals surface area contributed by atoms with Crippen molar-refractivity contribution < 1.29 is 13.2 Å². The van der Waals surface area contributed by atoms with Crippen LogP contribution < -0.4 is 5.32 Å². The van der Waals surface area contributed by atoms with Crippen LogP contribution in [0.2, 0.25) is 0 Å². The number of piperazine rings is 1. The lowest BCUT2D eigenvalue weighted by Gasteiger charge is -2.36. The molecule has 2 heterocycles. The summed E-state index contributed by atoms with van der Waals surface area (Å²) in [6, 6.07) is 5.64. The largest absolute Gasteiger partial charge is 0.408 e. The molecule has 1 aromatic heterocycles. The lowest BCUT2D eigenvalue weighted by molar-refractivity contribution is -0.187. The summed E-state index contributed by atoms with van der Waals surface area (Å²) in [6.07, 6.45) is -4.28. The van der Waals surface area contributed by atoms with E-state index in [0.717, 1.165) is 5.52 Å². The van der Waals surface area contributed by atoms with Crippen molar-refractivity contribution in [2.45, 2.75) is 19.1 Å². The molecule has 1 saturated heterocycles. The SMILES string of the molecule is Cc1[nH]c2ccccc2c1[C@@H](N1CCNCC1)C(F)(F)F. The van der Waals surface area contributed by atoms with Crippen LogP contribution in [0.3, 0.4) is 0 Å². The first kappa shape index (κ1) is 14.4. The van der Waals surface area contributed by atoms with Crippen LogP contribution in [0.15, 0.2) is 24.3 Å². The standard InChI is InChI=1S/C15H18F3N3/c1-10-13(11-4-2-3-5-12(11)20-10)14(15(16,17)18)21-8-6-19-7-9-21/h2-5,14,19-20H,6-9H2,1H3/t14-/m1/s1. The maximum Gasteiger partial charge on any atom is 0.408 e. The predicted octanol–water partition coefficient (Wildman–Crippen LogP) is 2.98.